The summed E-state index contributed by atoms with van der Waals surface area (Å²) in [4.78, 5) is 11.1. The lowest BCUT2D eigenvalue weighted by molar-refractivity contribution is 0.0696. The van der Waals surface area contributed by atoms with Crippen molar-refractivity contribution in [3.63, 3.8) is 0 Å². The van der Waals surface area contributed by atoms with Crippen LogP contribution < -0.4 is 0 Å². The lowest BCUT2D eigenvalue weighted by atomic mass is 9.76. The molecular weight excluding hydrogens is 321 g/mol. The number of carboxylic acid groups (broad SMARTS) is 1. The molecule has 8 heteroatoms. The topological polar surface area (TPSA) is 108 Å². The van der Waals surface area contributed by atoms with Crippen molar-refractivity contribution in [3.8, 4) is 11.3 Å². The highest BCUT2D eigenvalue weighted by molar-refractivity contribution is 6.42. The summed E-state index contributed by atoms with van der Waals surface area (Å²) >= 11 is 0. The van der Waals surface area contributed by atoms with Gasteiger partial charge in [0.05, 0.1) is 17.7 Å². The molecule has 0 amide bonds. The second-order valence-corrected chi connectivity index (χ2v) is 5.64. The van der Waals surface area contributed by atoms with Crippen molar-refractivity contribution in [1.82, 2.24) is 15.0 Å². The first-order chi connectivity index (χ1) is 12.0. The van der Waals surface area contributed by atoms with Gasteiger partial charge >= 0.3 is 13.1 Å². The molecule has 2 aromatic carbocycles. The van der Waals surface area contributed by atoms with Crippen molar-refractivity contribution in [3.05, 3.63) is 71.9 Å². The number of benzene rings is 2. The number of aromatic carboxylic acids is 1. The van der Waals surface area contributed by atoms with Gasteiger partial charge in [-0.25, -0.2) is 4.79 Å². The first kappa shape index (κ1) is 16.9. The Balaban J connectivity index is 1.86. The molecule has 0 radical (unpaired) electrons. The zero-order valence-electron chi connectivity index (χ0n) is 13.2. The zero-order valence-corrected chi connectivity index (χ0v) is 13.2. The van der Waals surface area contributed by atoms with Crippen molar-refractivity contribution in [2.24, 2.45) is 0 Å². The smallest absolute Gasteiger partial charge is 0.478 e. The number of hydrogen-bond acceptors (Lipinski definition) is 5. The van der Waals surface area contributed by atoms with E-state index in [-0.39, 0.29) is 12.0 Å². The van der Waals surface area contributed by atoms with Crippen LogP contribution in [0.25, 0.3) is 11.3 Å². The monoisotopic (exact) mass is 337 g/mol. The van der Waals surface area contributed by atoms with Gasteiger partial charge in [-0.2, -0.15) is 0 Å². The van der Waals surface area contributed by atoms with Crippen LogP contribution in [0.3, 0.4) is 0 Å². The van der Waals surface area contributed by atoms with Gasteiger partial charge < -0.3 is 15.2 Å². The van der Waals surface area contributed by atoms with Crippen LogP contribution in [-0.2, 0) is 6.42 Å². The Bertz CT molecular complexity index is 867. The summed E-state index contributed by atoms with van der Waals surface area (Å²) in [5.74, 6) is -1.82. The number of nitrogens with zero attached hydrogens (tertiary/aromatic N) is 3. The lowest BCUT2D eigenvalue weighted by Crippen LogP contribution is -2.31. The molecule has 1 atom stereocenters. The Labute approximate surface area is 144 Å². The Morgan fingerprint density at radius 3 is 2.56 bits per heavy atom. The molecule has 126 valence electrons. The predicted molar refractivity (Wildman–Crippen MR) is 91.8 cm³/mol. The average Bonchev–Trinajstić information content (AvgIpc) is 3.10. The van der Waals surface area contributed by atoms with Crippen molar-refractivity contribution in [2.75, 3.05) is 0 Å². The van der Waals surface area contributed by atoms with Crippen LogP contribution in [-0.4, -0.2) is 43.2 Å². The number of carbonyl (C=O) groups is 1. The predicted octanol–water partition coefficient (Wildman–Crippen LogP) is 1.44. The average molecular weight is 337 g/mol. The first-order valence-corrected chi connectivity index (χ1v) is 7.70. The molecule has 7 nitrogen and oxygen atoms in total. The van der Waals surface area contributed by atoms with Gasteiger partial charge in [0.15, 0.2) is 0 Å². The minimum atomic E-state index is -1.67. The highest BCUT2D eigenvalue weighted by atomic mass is 16.4. The van der Waals surface area contributed by atoms with Crippen molar-refractivity contribution in [2.45, 2.75) is 12.4 Å². The van der Waals surface area contributed by atoms with E-state index in [0.717, 1.165) is 5.56 Å². The fourth-order valence-corrected chi connectivity index (χ4v) is 2.59. The van der Waals surface area contributed by atoms with E-state index in [1.165, 1.54) is 16.8 Å². The molecule has 1 heterocycles. The van der Waals surface area contributed by atoms with Gasteiger partial charge in [-0.1, -0.05) is 47.7 Å². The molecule has 3 aromatic rings. The third-order valence-corrected chi connectivity index (χ3v) is 3.88. The SMILES string of the molecule is O=C(O)c1cccc(CC(B(O)O)n2cc(-c3ccccc3)nn2)c1. The molecular formula is C17H16BN3O4. The van der Waals surface area contributed by atoms with Gasteiger partial charge in [0.1, 0.15) is 5.69 Å². The Kier molecular flexibility index (Phi) is 4.92. The maximum Gasteiger partial charge on any atom is 0.478 e. The van der Waals surface area contributed by atoms with E-state index in [0.29, 0.717) is 11.3 Å². The third kappa shape index (κ3) is 3.93. The molecule has 0 saturated heterocycles. The Morgan fingerprint density at radius 2 is 1.88 bits per heavy atom. The van der Waals surface area contributed by atoms with Crippen LogP contribution in [0.1, 0.15) is 21.9 Å². The maximum absolute atomic E-state index is 11.1. The number of carboxylic acids is 1. The zero-order chi connectivity index (χ0) is 17.8. The summed E-state index contributed by atoms with van der Waals surface area (Å²) < 4.78 is 1.39. The molecule has 1 unspecified atom stereocenters. The summed E-state index contributed by atoms with van der Waals surface area (Å²) in [5.41, 5.74) is 2.29. The second kappa shape index (κ2) is 7.29. The third-order valence-electron chi connectivity index (χ3n) is 3.88. The van der Waals surface area contributed by atoms with E-state index in [2.05, 4.69) is 10.3 Å². The highest BCUT2D eigenvalue weighted by Gasteiger charge is 2.27. The second-order valence-electron chi connectivity index (χ2n) is 5.64. The quantitative estimate of drug-likeness (QED) is 0.588. The molecule has 0 saturated carbocycles. The number of rotatable bonds is 6. The highest BCUT2D eigenvalue weighted by Crippen LogP contribution is 2.20. The summed E-state index contributed by atoms with van der Waals surface area (Å²) in [5, 5.41) is 36.6. The maximum atomic E-state index is 11.1. The van der Waals surface area contributed by atoms with Gasteiger partial charge in [-0.05, 0) is 24.1 Å². The van der Waals surface area contributed by atoms with Crippen LogP contribution in [0.5, 0.6) is 0 Å². The summed E-state index contributed by atoms with van der Waals surface area (Å²) in [6.45, 7) is 0. The minimum Gasteiger partial charge on any atom is -0.478 e. The molecule has 25 heavy (non-hydrogen) atoms. The van der Waals surface area contributed by atoms with Crippen molar-refractivity contribution >= 4 is 13.1 Å². The summed E-state index contributed by atoms with van der Waals surface area (Å²) in [6, 6.07) is 15.8. The molecule has 1 aromatic heterocycles. The fraction of sp³-hybridized carbons (Fsp3) is 0.118. The van der Waals surface area contributed by atoms with Crippen molar-refractivity contribution in [1.29, 1.82) is 0 Å². The standard InChI is InChI=1S/C17H16BN3O4/c22-17(23)14-8-4-5-12(9-14)10-16(18(24)25)21-11-15(19-20-21)13-6-2-1-3-7-13/h1-9,11,16,24-25H,10H2,(H,22,23). The van der Waals surface area contributed by atoms with E-state index < -0.39 is 19.0 Å². The van der Waals surface area contributed by atoms with E-state index in [1.807, 2.05) is 30.3 Å². The normalized spacial score (nSPS) is 11.9. The van der Waals surface area contributed by atoms with Crippen LogP contribution in [0.15, 0.2) is 60.8 Å². The lowest BCUT2D eigenvalue weighted by Gasteiger charge is -2.16. The molecule has 0 aliphatic carbocycles. The van der Waals surface area contributed by atoms with Gasteiger partial charge in [-0.3, -0.25) is 4.68 Å². The van der Waals surface area contributed by atoms with E-state index in [1.54, 1.807) is 18.3 Å². The first-order valence-electron chi connectivity index (χ1n) is 7.70. The molecule has 0 spiro atoms. The number of aromatic nitrogens is 3. The van der Waals surface area contributed by atoms with Crippen LogP contribution >= 0.6 is 0 Å². The van der Waals surface area contributed by atoms with E-state index >= 15 is 0 Å². The molecule has 0 aliphatic heterocycles. The van der Waals surface area contributed by atoms with Crippen LogP contribution in [0, 0.1) is 0 Å². The fourth-order valence-electron chi connectivity index (χ4n) is 2.59. The van der Waals surface area contributed by atoms with E-state index in [4.69, 9.17) is 5.11 Å². The minimum absolute atomic E-state index is 0.146. The van der Waals surface area contributed by atoms with E-state index in [9.17, 15) is 14.8 Å². The van der Waals surface area contributed by atoms with Crippen molar-refractivity contribution < 1.29 is 19.9 Å². The van der Waals surface area contributed by atoms with Gasteiger partial charge in [0.2, 0.25) is 0 Å². The summed E-state index contributed by atoms with van der Waals surface area (Å²) in [7, 11) is -1.67. The molecule has 3 rings (SSSR count). The van der Waals surface area contributed by atoms with Crippen LogP contribution in [0.2, 0.25) is 0 Å². The van der Waals surface area contributed by atoms with Gasteiger partial charge in [0.25, 0.3) is 0 Å². The molecule has 0 bridgehead atoms. The summed E-state index contributed by atoms with van der Waals surface area (Å²) in [6.07, 6.45) is 1.84. The molecule has 0 aliphatic rings. The van der Waals surface area contributed by atoms with Crippen LogP contribution in [0.4, 0.5) is 0 Å². The molecule has 0 fully saturated rings. The molecule has 3 N–H and O–H groups in total. The Morgan fingerprint density at radius 1 is 1.12 bits per heavy atom. The number of hydrogen-bond donors (Lipinski definition) is 3. The van der Waals surface area contributed by atoms with Gasteiger partial charge in [0, 0.05) is 5.56 Å². The Hall–Kier alpha value is -2.97. The largest absolute Gasteiger partial charge is 0.478 e. The van der Waals surface area contributed by atoms with Gasteiger partial charge in [-0.15, -0.1) is 5.10 Å².